The molecule has 4 heterocycles. The number of carbonyl (C=O) groups excluding carboxylic acids is 3. The second-order valence-electron chi connectivity index (χ2n) is 10.2. The number of methoxy groups -OCH3 is 1. The van der Waals surface area contributed by atoms with Crippen LogP contribution in [0.5, 0.6) is 0 Å². The zero-order valence-electron chi connectivity index (χ0n) is 25.1. The third-order valence-electron chi connectivity index (χ3n) is 6.02. The quantitative estimate of drug-likeness (QED) is 0.0901. The molecular formula is C25H32N8O9S3. The molecule has 244 valence electrons. The average Bonchev–Trinajstić information content (AvgIpc) is 3.61. The molecule has 0 bridgehead atoms. The van der Waals surface area contributed by atoms with Gasteiger partial charge >= 0.3 is 17.9 Å². The fourth-order valence-electron chi connectivity index (χ4n) is 3.67. The largest absolute Gasteiger partial charge is 0.481 e. The van der Waals surface area contributed by atoms with Gasteiger partial charge in [-0.2, -0.15) is 4.98 Å². The number of thiazole rings is 1. The van der Waals surface area contributed by atoms with Crippen LogP contribution in [0.25, 0.3) is 0 Å². The van der Waals surface area contributed by atoms with Crippen LogP contribution in [0.15, 0.2) is 27.0 Å². The Morgan fingerprint density at radius 3 is 2.40 bits per heavy atom. The summed E-state index contributed by atoms with van der Waals surface area (Å²) in [5.41, 5.74) is 5.43. The third-order valence-corrected chi connectivity index (χ3v) is 9.09. The Balaban J connectivity index is 0.000000707. The first-order valence-electron chi connectivity index (χ1n) is 13.1. The first-order valence-corrected chi connectivity index (χ1v) is 16.0. The van der Waals surface area contributed by atoms with Gasteiger partial charge in [0.15, 0.2) is 16.0 Å². The summed E-state index contributed by atoms with van der Waals surface area (Å²) in [5.74, 6) is -3.61. The van der Waals surface area contributed by atoms with E-state index in [9.17, 15) is 29.1 Å². The molecule has 2 aromatic rings. The van der Waals surface area contributed by atoms with Gasteiger partial charge in [0.1, 0.15) is 29.9 Å². The van der Waals surface area contributed by atoms with Crippen molar-refractivity contribution in [2.75, 3.05) is 31.5 Å². The molecular weight excluding hydrogens is 653 g/mol. The standard InChI is InChI=1S/C20H22N8O7S3.C5H10O2/c1-4-27-20(24-13(25-27)18(33)34-2)38-6-8-5-36-16-11(15(30)28(16)12(8)17(31)32)23-14(29)10(26-35-3)9-7-37-19(21)22-9;1-5(2,3)4(6)7/h7,11,16H,4-6H2,1-3H3,(H2,21,22)(H,23,29)(H,31,32);1-3H3,(H,6,7)/b26-10-;/t11-,16-;/m1./s1. The van der Waals surface area contributed by atoms with Crippen molar-refractivity contribution in [2.24, 2.45) is 10.6 Å². The molecule has 0 unspecified atom stereocenters. The normalized spacial score (nSPS) is 17.9. The molecule has 5 N–H and O–H groups in total. The van der Waals surface area contributed by atoms with E-state index < -0.39 is 46.6 Å². The maximum Gasteiger partial charge on any atom is 0.377 e. The van der Waals surface area contributed by atoms with Crippen molar-refractivity contribution < 1.29 is 43.8 Å². The number of rotatable bonds is 10. The topological polar surface area (TPSA) is 242 Å². The van der Waals surface area contributed by atoms with Crippen molar-refractivity contribution in [1.29, 1.82) is 0 Å². The Hall–Kier alpha value is -4.17. The van der Waals surface area contributed by atoms with Gasteiger partial charge < -0.3 is 30.8 Å². The second-order valence-corrected chi connectivity index (χ2v) is 13.1. The lowest BCUT2D eigenvalue weighted by molar-refractivity contribution is -0.150. The molecule has 17 nitrogen and oxygen atoms in total. The minimum absolute atomic E-state index is 0.101. The molecule has 0 radical (unpaired) electrons. The Morgan fingerprint density at radius 1 is 1.22 bits per heavy atom. The van der Waals surface area contributed by atoms with Crippen LogP contribution in [-0.2, 0) is 35.3 Å². The van der Waals surface area contributed by atoms with Gasteiger partial charge in [0.25, 0.3) is 17.6 Å². The van der Waals surface area contributed by atoms with Crippen molar-refractivity contribution in [2.45, 2.75) is 50.8 Å². The highest BCUT2D eigenvalue weighted by Gasteiger charge is 2.54. The molecule has 0 saturated carbocycles. The molecule has 2 aliphatic rings. The highest BCUT2D eigenvalue weighted by Crippen LogP contribution is 2.41. The molecule has 2 atom stereocenters. The second kappa shape index (κ2) is 14.7. The van der Waals surface area contributed by atoms with Crippen molar-refractivity contribution in [3.05, 3.63) is 28.2 Å². The van der Waals surface area contributed by atoms with Gasteiger partial charge in [-0.3, -0.25) is 19.3 Å². The number of aryl methyl sites for hydroxylation is 1. The summed E-state index contributed by atoms with van der Waals surface area (Å²) in [6.45, 7) is 7.24. The molecule has 0 aliphatic carbocycles. The van der Waals surface area contributed by atoms with E-state index in [-0.39, 0.29) is 33.8 Å². The minimum atomic E-state index is -1.27. The summed E-state index contributed by atoms with van der Waals surface area (Å²) in [4.78, 5) is 74.0. The van der Waals surface area contributed by atoms with E-state index in [1.54, 1.807) is 20.8 Å². The number of carbonyl (C=O) groups is 5. The average molecular weight is 685 g/mol. The Labute approximate surface area is 269 Å². The lowest BCUT2D eigenvalue weighted by Gasteiger charge is -2.49. The van der Waals surface area contributed by atoms with E-state index in [1.165, 1.54) is 47.8 Å². The number of ether oxygens (including phenoxy) is 1. The number of carboxylic acids is 2. The smallest absolute Gasteiger partial charge is 0.377 e. The molecule has 0 spiro atoms. The Bertz CT molecular complexity index is 1550. The summed E-state index contributed by atoms with van der Waals surface area (Å²) >= 11 is 3.62. The lowest BCUT2D eigenvalue weighted by atomic mass is 9.98. The van der Waals surface area contributed by atoms with Gasteiger partial charge in [-0.1, -0.05) is 16.9 Å². The van der Waals surface area contributed by atoms with Crippen LogP contribution in [0.1, 0.15) is 44.0 Å². The number of oxime groups is 1. The summed E-state index contributed by atoms with van der Waals surface area (Å²) in [6, 6.07) is -0.972. The number of hydrogen-bond donors (Lipinski definition) is 4. The predicted molar refractivity (Wildman–Crippen MR) is 165 cm³/mol. The molecule has 45 heavy (non-hydrogen) atoms. The van der Waals surface area contributed by atoms with Crippen LogP contribution < -0.4 is 11.1 Å². The number of amides is 2. The Kier molecular flexibility index (Phi) is 11.6. The number of anilines is 1. The highest BCUT2D eigenvalue weighted by molar-refractivity contribution is 8.01. The number of esters is 1. The molecule has 4 rings (SSSR count). The fourth-order valence-corrected chi connectivity index (χ4v) is 6.70. The number of nitrogen functional groups attached to an aromatic ring is 1. The number of thioether (sulfide) groups is 2. The van der Waals surface area contributed by atoms with Gasteiger partial charge in [-0.25, -0.2) is 19.3 Å². The molecule has 20 heteroatoms. The number of β-lactam (4-membered cyclic amide) rings is 1. The van der Waals surface area contributed by atoms with Gasteiger partial charge in [-0.05, 0) is 33.3 Å². The molecule has 1 saturated heterocycles. The summed E-state index contributed by atoms with van der Waals surface area (Å²) in [6.07, 6.45) is 0. The van der Waals surface area contributed by atoms with Crippen molar-refractivity contribution in [3.8, 4) is 0 Å². The third kappa shape index (κ3) is 8.11. The van der Waals surface area contributed by atoms with Gasteiger partial charge in [0, 0.05) is 23.4 Å². The number of nitrogens with zero attached hydrogens (tertiary/aromatic N) is 6. The maximum absolute atomic E-state index is 13.0. The fraction of sp³-hybridized carbons (Fsp3) is 0.480. The van der Waals surface area contributed by atoms with Gasteiger partial charge in [0.2, 0.25) is 0 Å². The van der Waals surface area contributed by atoms with E-state index in [0.29, 0.717) is 23.0 Å². The molecule has 2 aliphatic heterocycles. The predicted octanol–water partition coefficient (Wildman–Crippen LogP) is 1.12. The first kappa shape index (κ1) is 35.3. The zero-order valence-corrected chi connectivity index (χ0v) is 27.5. The van der Waals surface area contributed by atoms with Crippen LogP contribution in [0, 0.1) is 5.41 Å². The van der Waals surface area contributed by atoms with Crippen LogP contribution in [0.3, 0.4) is 0 Å². The van der Waals surface area contributed by atoms with Gasteiger partial charge in [0.05, 0.1) is 12.5 Å². The number of aliphatic carboxylic acids is 2. The number of hydrogen-bond acceptors (Lipinski definition) is 15. The van der Waals surface area contributed by atoms with E-state index in [1.807, 2.05) is 6.92 Å². The van der Waals surface area contributed by atoms with Crippen molar-refractivity contribution >= 4 is 75.4 Å². The molecule has 2 aromatic heterocycles. The maximum atomic E-state index is 13.0. The molecule has 1 fully saturated rings. The van der Waals surface area contributed by atoms with E-state index in [2.05, 4.69) is 30.3 Å². The lowest BCUT2D eigenvalue weighted by Crippen LogP contribution is -2.71. The Morgan fingerprint density at radius 2 is 1.89 bits per heavy atom. The molecule has 2 amide bonds. The first-order chi connectivity index (χ1) is 21.1. The number of aromatic nitrogens is 4. The number of fused-ring (bicyclic) bond motifs is 1. The van der Waals surface area contributed by atoms with E-state index >= 15 is 0 Å². The summed E-state index contributed by atoms with van der Waals surface area (Å²) in [5, 5.41) is 30.1. The SMILES string of the molecule is CC(C)(C)C(=O)O.CCn1nc(C(=O)OC)nc1SCC1=C(C(=O)O)N2C(=O)[C@@H](NC(=O)/C(=N\OC)c3csc(N)n3)[C@H]2SC1. The number of nitrogens with one attached hydrogen (secondary N) is 1. The molecule has 0 aromatic carbocycles. The summed E-state index contributed by atoms with van der Waals surface area (Å²) in [7, 11) is 2.49. The van der Waals surface area contributed by atoms with Gasteiger partial charge in [-0.15, -0.1) is 28.2 Å². The minimum Gasteiger partial charge on any atom is -0.481 e. The van der Waals surface area contributed by atoms with Crippen LogP contribution in [-0.4, -0.2) is 107 Å². The highest BCUT2D eigenvalue weighted by atomic mass is 32.2. The van der Waals surface area contributed by atoms with E-state index in [4.69, 9.17) is 15.7 Å². The zero-order chi connectivity index (χ0) is 33.6. The van der Waals surface area contributed by atoms with Crippen molar-refractivity contribution in [3.63, 3.8) is 0 Å². The van der Waals surface area contributed by atoms with Crippen LogP contribution in [0.2, 0.25) is 0 Å². The van der Waals surface area contributed by atoms with Crippen LogP contribution in [0.4, 0.5) is 5.13 Å². The number of carboxylic acid groups (broad SMARTS) is 2. The summed E-state index contributed by atoms with van der Waals surface area (Å²) < 4.78 is 6.16. The van der Waals surface area contributed by atoms with E-state index in [0.717, 1.165) is 16.2 Å². The van der Waals surface area contributed by atoms with Crippen LogP contribution >= 0.6 is 34.9 Å². The monoisotopic (exact) mass is 684 g/mol. The van der Waals surface area contributed by atoms with Crippen molar-refractivity contribution in [1.82, 2.24) is 30.0 Å². The number of nitrogens with two attached hydrogens (primary N) is 1.